The molecule has 4 nitrogen and oxygen atoms in total. The molecule has 0 aromatic carbocycles. The highest BCUT2D eigenvalue weighted by Gasteiger charge is 2.16. The molecule has 0 aromatic rings. The second-order valence-corrected chi connectivity index (χ2v) is 4.30. The Bertz CT molecular complexity index is 197. The lowest BCUT2D eigenvalue weighted by Gasteiger charge is -2.29. The number of esters is 1. The van der Waals surface area contributed by atoms with Crippen LogP contribution in [0.5, 0.6) is 0 Å². The standard InChI is InChI=1S/C11H22N2O2/c1-13-7-3-4-10(9-13)8-12-6-5-11(14)15-2/h10,12H,3-9H2,1-2H3. The Morgan fingerprint density at radius 2 is 2.40 bits per heavy atom. The summed E-state index contributed by atoms with van der Waals surface area (Å²) in [5.74, 6) is 0.602. The van der Waals surface area contributed by atoms with Gasteiger partial charge in [0, 0.05) is 13.1 Å². The number of carbonyl (C=O) groups is 1. The Morgan fingerprint density at radius 1 is 1.60 bits per heavy atom. The molecule has 1 aliphatic heterocycles. The molecule has 1 heterocycles. The van der Waals surface area contributed by atoms with Gasteiger partial charge in [0.05, 0.1) is 13.5 Å². The average Bonchev–Trinajstić information content (AvgIpc) is 2.24. The summed E-state index contributed by atoms with van der Waals surface area (Å²) in [5, 5.41) is 3.31. The van der Waals surface area contributed by atoms with Gasteiger partial charge in [-0.2, -0.15) is 0 Å². The minimum Gasteiger partial charge on any atom is -0.469 e. The Labute approximate surface area is 92.0 Å². The van der Waals surface area contributed by atoms with Crippen LogP contribution in [0.2, 0.25) is 0 Å². The molecule has 4 heteroatoms. The number of hydrogen-bond donors (Lipinski definition) is 1. The summed E-state index contributed by atoms with van der Waals surface area (Å²) < 4.78 is 4.57. The minimum atomic E-state index is -0.136. The molecule has 0 aromatic heterocycles. The fraction of sp³-hybridized carbons (Fsp3) is 0.909. The fourth-order valence-electron chi connectivity index (χ4n) is 2.04. The smallest absolute Gasteiger partial charge is 0.306 e. The van der Waals surface area contributed by atoms with Crippen molar-refractivity contribution in [2.24, 2.45) is 5.92 Å². The molecule has 0 saturated carbocycles. The average molecular weight is 214 g/mol. The van der Waals surface area contributed by atoms with Crippen LogP contribution in [0.25, 0.3) is 0 Å². The van der Waals surface area contributed by atoms with Crippen LogP contribution in [0.3, 0.4) is 0 Å². The summed E-state index contributed by atoms with van der Waals surface area (Å²) in [5.41, 5.74) is 0. The highest BCUT2D eigenvalue weighted by Crippen LogP contribution is 2.13. The number of carbonyl (C=O) groups excluding carboxylic acids is 1. The van der Waals surface area contributed by atoms with Crippen molar-refractivity contribution in [3.8, 4) is 0 Å². The number of piperidine rings is 1. The summed E-state index contributed by atoms with van der Waals surface area (Å²) in [6.07, 6.45) is 3.06. The van der Waals surface area contributed by atoms with Crippen LogP contribution in [0.1, 0.15) is 19.3 Å². The van der Waals surface area contributed by atoms with Crippen LogP contribution in [0.4, 0.5) is 0 Å². The quantitative estimate of drug-likeness (QED) is 0.534. The molecule has 15 heavy (non-hydrogen) atoms. The van der Waals surface area contributed by atoms with Gasteiger partial charge in [-0.05, 0) is 38.9 Å². The van der Waals surface area contributed by atoms with Crippen molar-refractivity contribution in [3.63, 3.8) is 0 Å². The third-order valence-corrected chi connectivity index (χ3v) is 2.89. The molecule has 1 N–H and O–H groups in total. The van der Waals surface area contributed by atoms with E-state index < -0.39 is 0 Å². The molecule has 1 unspecified atom stereocenters. The highest BCUT2D eigenvalue weighted by atomic mass is 16.5. The van der Waals surface area contributed by atoms with E-state index in [4.69, 9.17) is 0 Å². The third kappa shape index (κ3) is 5.14. The number of likely N-dealkylation sites (tertiary alicyclic amines) is 1. The van der Waals surface area contributed by atoms with E-state index in [0.717, 1.165) is 19.0 Å². The zero-order chi connectivity index (χ0) is 11.1. The maximum absolute atomic E-state index is 10.8. The van der Waals surface area contributed by atoms with Crippen molar-refractivity contribution >= 4 is 5.97 Å². The van der Waals surface area contributed by atoms with Gasteiger partial charge < -0.3 is 15.0 Å². The molecule has 0 aliphatic carbocycles. The molecular formula is C11H22N2O2. The molecule has 1 fully saturated rings. The van der Waals surface area contributed by atoms with Crippen LogP contribution in [-0.4, -0.2) is 51.2 Å². The van der Waals surface area contributed by atoms with Gasteiger partial charge in [0.2, 0.25) is 0 Å². The van der Waals surface area contributed by atoms with Gasteiger partial charge in [-0.3, -0.25) is 4.79 Å². The van der Waals surface area contributed by atoms with Gasteiger partial charge in [0.15, 0.2) is 0 Å². The second-order valence-electron chi connectivity index (χ2n) is 4.30. The summed E-state index contributed by atoms with van der Waals surface area (Å²) in [7, 11) is 3.60. The monoisotopic (exact) mass is 214 g/mol. The summed E-state index contributed by atoms with van der Waals surface area (Å²) in [6, 6.07) is 0. The topological polar surface area (TPSA) is 41.6 Å². The largest absolute Gasteiger partial charge is 0.469 e. The van der Waals surface area contributed by atoms with Gasteiger partial charge >= 0.3 is 5.97 Å². The Hall–Kier alpha value is -0.610. The first-order valence-corrected chi connectivity index (χ1v) is 5.68. The number of ether oxygens (including phenoxy) is 1. The number of nitrogens with zero attached hydrogens (tertiary/aromatic N) is 1. The molecule has 1 aliphatic rings. The van der Waals surface area contributed by atoms with Crippen molar-refractivity contribution in [2.75, 3.05) is 40.3 Å². The van der Waals surface area contributed by atoms with Crippen molar-refractivity contribution < 1.29 is 9.53 Å². The number of methoxy groups -OCH3 is 1. The van der Waals surface area contributed by atoms with Gasteiger partial charge in [-0.1, -0.05) is 0 Å². The molecular weight excluding hydrogens is 192 g/mol. The lowest BCUT2D eigenvalue weighted by Crippen LogP contribution is -2.37. The van der Waals surface area contributed by atoms with E-state index in [1.165, 1.54) is 33.0 Å². The van der Waals surface area contributed by atoms with E-state index in [9.17, 15) is 4.79 Å². The number of rotatable bonds is 5. The number of nitrogens with one attached hydrogen (secondary N) is 1. The Morgan fingerprint density at radius 3 is 3.07 bits per heavy atom. The third-order valence-electron chi connectivity index (χ3n) is 2.89. The zero-order valence-corrected chi connectivity index (χ0v) is 9.79. The summed E-state index contributed by atoms with van der Waals surface area (Å²) >= 11 is 0. The van der Waals surface area contributed by atoms with Crippen LogP contribution in [-0.2, 0) is 9.53 Å². The minimum absolute atomic E-state index is 0.136. The molecule has 0 bridgehead atoms. The molecule has 0 spiro atoms. The predicted octanol–water partition coefficient (Wildman–Crippen LogP) is 0.481. The molecule has 88 valence electrons. The van der Waals surface area contributed by atoms with Crippen molar-refractivity contribution in [2.45, 2.75) is 19.3 Å². The van der Waals surface area contributed by atoms with E-state index in [-0.39, 0.29) is 5.97 Å². The van der Waals surface area contributed by atoms with E-state index >= 15 is 0 Å². The van der Waals surface area contributed by atoms with E-state index in [0.29, 0.717) is 6.42 Å². The molecule has 1 saturated heterocycles. The van der Waals surface area contributed by atoms with Gasteiger partial charge in [-0.15, -0.1) is 0 Å². The lowest BCUT2D eigenvalue weighted by molar-refractivity contribution is -0.140. The first-order chi connectivity index (χ1) is 7.22. The van der Waals surface area contributed by atoms with Crippen LogP contribution in [0, 0.1) is 5.92 Å². The van der Waals surface area contributed by atoms with Crippen molar-refractivity contribution in [3.05, 3.63) is 0 Å². The van der Waals surface area contributed by atoms with Crippen LogP contribution >= 0.6 is 0 Å². The summed E-state index contributed by atoms with van der Waals surface area (Å²) in [4.78, 5) is 13.2. The Kier molecular flexibility index (Phi) is 5.65. The lowest BCUT2D eigenvalue weighted by atomic mass is 9.98. The van der Waals surface area contributed by atoms with Crippen molar-refractivity contribution in [1.29, 1.82) is 0 Å². The van der Waals surface area contributed by atoms with Gasteiger partial charge in [-0.25, -0.2) is 0 Å². The first kappa shape index (κ1) is 12.5. The predicted molar refractivity (Wildman–Crippen MR) is 59.7 cm³/mol. The molecule has 1 atom stereocenters. The zero-order valence-electron chi connectivity index (χ0n) is 9.79. The molecule has 0 amide bonds. The maximum atomic E-state index is 10.8. The van der Waals surface area contributed by atoms with Crippen molar-refractivity contribution in [1.82, 2.24) is 10.2 Å². The first-order valence-electron chi connectivity index (χ1n) is 5.68. The highest BCUT2D eigenvalue weighted by molar-refractivity contribution is 5.69. The summed E-state index contributed by atoms with van der Waals surface area (Å²) in [6.45, 7) is 4.14. The van der Waals surface area contributed by atoms with E-state index in [2.05, 4.69) is 22.0 Å². The fourth-order valence-corrected chi connectivity index (χ4v) is 2.04. The van der Waals surface area contributed by atoms with Gasteiger partial charge in [0.25, 0.3) is 0 Å². The molecule has 0 radical (unpaired) electrons. The second kappa shape index (κ2) is 6.80. The molecule has 1 rings (SSSR count). The SMILES string of the molecule is COC(=O)CCNCC1CCCN(C)C1. The van der Waals surface area contributed by atoms with Gasteiger partial charge in [0.1, 0.15) is 0 Å². The normalized spacial score (nSPS) is 22.7. The van der Waals surface area contributed by atoms with Crippen LogP contribution in [0.15, 0.2) is 0 Å². The Balaban J connectivity index is 2.02. The number of hydrogen-bond acceptors (Lipinski definition) is 4. The van der Waals surface area contributed by atoms with E-state index in [1.54, 1.807) is 0 Å². The maximum Gasteiger partial charge on any atom is 0.306 e. The van der Waals surface area contributed by atoms with Crippen LogP contribution < -0.4 is 5.32 Å². The van der Waals surface area contributed by atoms with E-state index in [1.807, 2.05) is 0 Å².